The summed E-state index contributed by atoms with van der Waals surface area (Å²) in [6.07, 6.45) is 1.55. The maximum atomic E-state index is 12.9. The summed E-state index contributed by atoms with van der Waals surface area (Å²) in [6, 6.07) is 9.53. The fourth-order valence-corrected chi connectivity index (χ4v) is 1.72. The monoisotopic (exact) mass is 260 g/mol. The van der Waals surface area contributed by atoms with Crippen molar-refractivity contribution < 1.29 is 9.60 Å². The highest BCUT2D eigenvalue weighted by atomic mass is 19.1. The van der Waals surface area contributed by atoms with Gasteiger partial charge < -0.3 is 15.8 Å². The van der Waals surface area contributed by atoms with E-state index in [0.717, 1.165) is 5.69 Å². The van der Waals surface area contributed by atoms with Crippen LogP contribution in [0.2, 0.25) is 0 Å². The number of amidine groups is 1. The van der Waals surface area contributed by atoms with Crippen LogP contribution in [0.3, 0.4) is 0 Å². The van der Waals surface area contributed by atoms with Crippen LogP contribution in [0, 0.1) is 5.82 Å². The SMILES string of the molecule is CN(c1ccc(F)cc1)c1cccnc1/C(N)=N/O. The van der Waals surface area contributed by atoms with Gasteiger partial charge in [-0.05, 0) is 36.4 Å². The summed E-state index contributed by atoms with van der Waals surface area (Å²) in [5, 5.41) is 11.7. The van der Waals surface area contributed by atoms with Gasteiger partial charge in [-0.15, -0.1) is 0 Å². The quantitative estimate of drug-likeness (QED) is 0.383. The van der Waals surface area contributed by atoms with Gasteiger partial charge in [-0.3, -0.25) is 4.98 Å². The minimum atomic E-state index is -0.306. The molecular formula is C13H13FN4O. The Balaban J connectivity index is 2.44. The van der Waals surface area contributed by atoms with E-state index < -0.39 is 0 Å². The molecule has 0 saturated carbocycles. The number of hydrogen-bond acceptors (Lipinski definition) is 4. The molecule has 0 amide bonds. The molecule has 2 rings (SSSR count). The number of hydrogen-bond donors (Lipinski definition) is 2. The molecule has 3 N–H and O–H groups in total. The molecule has 98 valence electrons. The molecule has 0 fully saturated rings. The van der Waals surface area contributed by atoms with E-state index in [4.69, 9.17) is 10.9 Å². The zero-order valence-corrected chi connectivity index (χ0v) is 10.3. The second kappa shape index (κ2) is 5.34. The van der Waals surface area contributed by atoms with Gasteiger partial charge in [-0.1, -0.05) is 5.16 Å². The van der Waals surface area contributed by atoms with Crippen LogP contribution in [0.1, 0.15) is 5.69 Å². The summed E-state index contributed by atoms with van der Waals surface area (Å²) in [5.41, 5.74) is 7.37. The van der Waals surface area contributed by atoms with E-state index in [9.17, 15) is 4.39 Å². The lowest BCUT2D eigenvalue weighted by Gasteiger charge is -2.21. The number of pyridine rings is 1. The van der Waals surface area contributed by atoms with Crippen LogP contribution in [0.4, 0.5) is 15.8 Å². The Morgan fingerprint density at radius 3 is 2.63 bits per heavy atom. The number of anilines is 2. The van der Waals surface area contributed by atoms with Crippen molar-refractivity contribution in [3.05, 3.63) is 54.1 Å². The van der Waals surface area contributed by atoms with Crippen LogP contribution in [0.5, 0.6) is 0 Å². The molecule has 19 heavy (non-hydrogen) atoms. The topological polar surface area (TPSA) is 74.7 Å². The van der Waals surface area contributed by atoms with Crippen molar-refractivity contribution in [2.24, 2.45) is 10.9 Å². The Bertz CT molecular complexity index is 598. The maximum absolute atomic E-state index is 12.9. The van der Waals surface area contributed by atoms with Crippen LogP contribution in [-0.2, 0) is 0 Å². The third kappa shape index (κ3) is 2.62. The standard InChI is InChI=1S/C13H13FN4O/c1-18(10-6-4-9(14)5-7-10)11-3-2-8-16-12(11)13(15)17-19/h2-8,19H,1H3,(H2,15,17). The summed E-state index contributed by atoms with van der Waals surface area (Å²) < 4.78 is 12.9. The Hall–Kier alpha value is -2.63. The van der Waals surface area contributed by atoms with Crippen LogP contribution in [-0.4, -0.2) is 23.1 Å². The van der Waals surface area contributed by atoms with E-state index in [-0.39, 0.29) is 11.7 Å². The van der Waals surface area contributed by atoms with Gasteiger partial charge in [0.15, 0.2) is 5.84 Å². The van der Waals surface area contributed by atoms with E-state index in [1.54, 1.807) is 42.4 Å². The van der Waals surface area contributed by atoms with E-state index in [2.05, 4.69) is 10.1 Å². The fraction of sp³-hybridized carbons (Fsp3) is 0.0769. The predicted molar refractivity (Wildman–Crippen MR) is 71.2 cm³/mol. The predicted octanol–water partition coefficient (Wildman–Crippen LogP) is 2.08. The molecule has 0 atom stereocenters. The maximum Gasteiger partial charge on any atom is 0.190 e. The van der Waals surface area contributed by atoms with Gasteiger partial charge in [0.25, 0.3) is 0 Å². The molecule has 1 heterocycles. The van der Waals surface area contributed by atoms with Crippen molar-refractivity contribution in [2.75, 3.05) is 11.9 Å². The summed E-state index contributed by atoms with van der Waals surface area (Å²) in [6.45, 7) is 0. The van der Waals surface area contributed by atoms with Gasteiger partial charge in [-0.2, -0.15) is 0 Å². The first-order valence-corrected chi connectivity index (χ1v) is 5.55. The molecule has 0 bridgehead atoms. The number of oxime groups is 1. The van der Waals surface area contributed by atoms with Gasteiger partial charge in [0.05, 0.1) is 5.69 Å². The van der Waals surface area contributed by atoms with Crippen molar-refractivity contribution in [1.29, 1.82) is 0 Å². The molecular weight excluding hydrogens is 247 g/mol. The van der Waals surface area contributed by atoms with Gasteiger partial charge in [0, 0.05) is 18.9 Å². The normalized spacial score (nSPS) is 11.4. The lowest BCUT2D eigenvalue weighted by atomic mass is 10.2. The highest BCUT2D eigenvalue weighted by molar-refractivity contribution is 6.00. The summed E-state index contributed by atoms with van der Waals surface area (Å²) in [5.74, 6) is -0.385. The average molecular weight is 260 g/mol. The van der Waals surface area contributed by atoms with Gasteiger partial charge in [0.1, 0.15) is 11.5 Å². The lowest BCUT2D eigenvalue weighted by Crippen LogP contribution is -2.20. The minimum absolute atomic E-state index is 0.0791. The van der Waals surface area contributed by atoms with Crippen LogP contribution in [0.25, 0.3) is 0 Å². The zero-order chi connectivity index (χ0) is 13.8. The van der Waals surface area contributed by atoms with E-state index in [1.807, 2.05) is 0 Å². The molecule has 0 saturated heterocycles. The lowest BCUT2D eigenvalue weighted by molar-refractivity contribution is 0.318. The molecule has 0 aliphatic heterocycles. The third-order valence-electron chi connectivity index (χ3n) is 2.71. The second-order valence-electron chi connectivity index (χ2n) is 3.89. The number of rotatable bonds is 3. The van der Waals surface area contributed by atoms with Gasteiger partial charge in [0.2, 0.25) is 0 Å². The number of benzene rings is 1. The fourth-order valence-electron chi connectivity index (χ4n) is 1.72. The number of nitrogens with zero attached hydrogens (tertiary/aromatic N) is 3. The summed E-state index contributed by atoms with van der Waals surface area (Å²) in [4.78, 5) is 5.86. The van der Waals surface area contributed by atoms with E-state index >= 15 is 0 Å². The molecule has 0 radical (unpaired) electrons. The van der Waals surface area contributed by atoms with Crippen molar-refractivity contribution in [1.82, 2.24) is 4.98 Å². The van der Waals surface area contributed by atoms with Gasteiger partial charge in [-0.25, -0.2) is 4.39 Å². The Morgan fingerprint density at radius 2 is 2.00 bits per heavy atom. The molecule has 1 aromatic heterocycles. The molecule has 6 heteroatoms. The Labute approximate surface area is 109 Å². The Kier molecular flexibility index (Phi) is 3.61. The summed E-state index contributed by atoms with van der Waals surface area (Å²) >= 11 is 0. The zero-order valence-electron chi connectivity index (χ0n) is 10.3. The third-order valence-corrected chi connectivity index (χ3v) is 2.71. The van der Waals surface area contributed by atoms with E-state index in [1.165, 1.54) is 12.1 Å². The van der Waals surface area contributed by atoms with Gasteiger partial charge >= 0.3 is 0 Å². The number of nitrogens with two attached hydrogens (primary N) is 1. The van der Waals surface area contributed by atoms with Crippen LogP contribution in [0.15, 0.2) is 47.8 Å². The highest BCUT2D eigenvalue weighted by Crippen LogP contribution is 2.25. The largest absolute Gasteiger partial charge is 0.409 e. The molecule has 1 aromatic carbocycles. The van der Waals surface area contributed by atoms with Crippen molar-refractivity contribution >= 4 is 17.2 Å². The van der Waals surface area contributed by atoms with Crippen LogP contribution >= 0.6 is 0 Å². The molecule has 0 aliphatic rings. The number of halogens is 1. The Morgan fingerprint density at radius 1 is 1.32 bits per heavy atom. The highest BCUT2D eigenvalue weighted by Gasteiger charge is 2.13. The minimum Gasteiger partial charge on any atom is -0.409 e. The molecule has 0 aliphatic carbocycles. The van der Waals surface area contributed by atoms with E-state index in [0.29, 0.717) is 11.4 Å². The van der Waals surface area contributed by atoms with Crippen LogP contribution < -0.4 is 10.6 Å². The smallest absolute Gasteiger partial charge is 0.190 e. The first-order valence-electron chi connectivity index (χ1n) is 5.55. The molecule has 5 nitrogen and oxygen atoms in total. The molecule has 0 spiro atoms. The first kappa shape index (κ1) is 12.8. The summed E-state index contributed by atoms with van der Waals surface area (Å²) in [7, 11) is 1.79. The average Bonchev–Trinajstić information content (AvgIpc) is 2.46. The van der Waals surface area contributed by atoms with Crippen molar-refractivity contribution in [3.63, 3.8) is 0 Å². The van der Waals surface area contributed by atoms with Crippen molar-refractivity contribution in [2.45, 2.75) is 0 Å². The molecule has 0 unspecified atom stereocenters. The number of aromatic nitrogens is 1. The van der Waals surface area contributed by atoms with Crippen molar-refractivity contribution in [3.8, 4) is 0 Å². The first-order chi connectivity index (χ1) is 9.13. The molecule has 2 aromatic rings. The second-order valence-corrected chi connectivity index (χ2v) is 3.89.